The van der Waals surface area contributed by atoms with Gasteiger partial charge in [0.1, 0.15) is 12.2 Å². The van der Waals surface area contributed by atoms with Crippen LogP contribution in [0.3, 0.4) is 0 Å². The van der Waals surface area contributed by atoms with E-state index < -0.39 is 62.0 Å². The van der Waals surface area contributed by atoms with Crippen molar-refractivity contribution in [3.8, 4) is 0 Å². The van der Waals surface area contributed by atoms with E-state index in [0.717, 1.165) is 9.98 Å². The zero-order valence-electron chi connectivity index (χ0n) is 26.6. The summed E-state index contributed by atoms with van der Waals surface area (Å²) < 4.78 is 59.5. The number of epoxide rings is 1. The molecule has 15 heteroatoms. The molecule has 1 aromatic rings. The molecule has 3 aliphatic rings. The third-order valence-electron chi connectivity index (χ3n) is 9.50. The topological polar surface area (TPSA) is 154 Å². The molecule has 1 aromatic heterocycles. The van der Waals surface area contributed by atoms with Crippen LogP contribution in [0.15, 0.2) is 26.9 Å². The van der Waals surface area contributed by atoms with Gasteiger partial charge in [0.15, 0.2) is 28.5 Å². The highest BCUT2D eigenvalue weighted by Gasteiger charge is 2.67. The average Bonchev–Trinajstić information content (AvgIpc) is 3.54. The number of rotatable bonds is 8. The fraction of sp³-hybridized carbons (Fsp3) is 0.778. The van der Waals surface area contributed by atoms with Crippen LogP contribution in [-0.4, -0.2) is 71.3 Å². The molecule has 238 valence electrons. The lowest BCUT2D eigenvalue weighted by Gasteiger charge is -2.43. The van der Waals surface area contributed by atoms with E-state index in [4.69, 9.17) is 28.2 Å². The number of hydrogen-bond donors (Lipinski definition) is 1. The van der Waals surface area contributed by atoms with Crippen LogP contribution in [0.2, 0.25) is 36.3 Å². The second-order valence-corrected chi connectivity index (χ2v) is 25.7. The molecular weight excluding hydrogens is 599 g/mol. The maximum Gasteiger partial charge on any atom is 0.333 e. The zero-order chi connectivity index (χ0) is 31.8. The van der Waals surface area contributed by atoms with E-state index in [1.807, 2.05) is 33.9 Å². The van der Waals surface area contributed by atoms with Crippen molar-refractivity contribution in [3.63, 3.8) is 0 Å². The molecule has 0 aliphatic carbocycles. The molecule has 1 unspecified atom stereocenters. The number of aryl methyl sites for hydroxylation is 1. The summed E-state index contributed by atoms with van der Waals surface area (Å²) in [7, 11) is -9.24. The zero-order valence-corrected chi connectivity index (χ0v) is 29.5. The van der Waals surface area contributed by atoms with E-state index in [1.54, 1.807) is 6.92 Å². The third-order valence-corrected chi connectivity index (χ3v) is 19.5. The fourth-order valence-corrected chi connectivity index (χ4v) is 8.20. The van der Waals surface area contributed by atoms with Gasteiger partial charge in [-0.15, -0.1) is 0 Å². The van der Waals surface area contributed by atoms with Gasteiger partial charge in [0.2, 0.25) is 0 Å². The smallest absolute Gasteiger partial charge is 0.333 e. The minimum Gasteiger partial charge on any atom is -0.414 e. The van der Waals surface area contributed by atoms with Crippen molar-refractivity contribution in [1.82, 2.24) is 9.13 Å². The Morgan fingerprint density at radius 3 is 2.12 bits per heavy atom. The van der Waals surface area contributed by atoms with Crippen LogP contribution in [0.5, 0.6) is 0 Å². The Balaban J connectivity index is 1.92. The van der Waals surface area contributed by atoms with Gasteiger partial charge in [-0.2, -0.15) is 8.42 Å². The van der Waals surface area contributed by atoms with E-state index in [2.05, 4.69) is 33.9 Å². The van der Waals surface area contributed by atoms with Gasteiger partial charge in [-0.25, -0.2) is 8.98 Å². The first-order valence-corrected chi connectivity index (χ1v) is 21.6. The van der Waals surface area contributed by atoms with Crippen molar-refractivity contribution in [2.24, 2.45) is 5.73 Å². The van der Waals surface area contributed by atoms with Gasteiger partial charge in [0.25, 0.3) is 15.7 Å². The molecule has 0 amide bonds. The van der Waals surface area contributed by atoms with E-state index in [1.165, 1.54) is 10.8 Å². The number of nitrogens with two attached hydrogens (primary N) is 1. The van der Waals surface area contributed by atoms with Gasteiger partial charge in [-0.1, -0.05) is 41.5 Å². The van der Waals surface area contributed by atoms with Crippen molar-refractivity contribution >= 4 is 26.8 Å². The van der Waals surface area contributed by atoms with Crippen LogP contribution in [0.4, 0.5) is 0 Å². The van der Waals surface area contributed by atoms with Gasteiger partial charge < -0.3 is 24.1 Å². The van der Waals surface area contributed by atoms with Crippen LogP contribution in [0.25, 0.3) is 0 Å². The molecular formula is C27H47N3O9SSi2. The summed E-state index contributed by atoms with van der Waals surface area (Å²) in [5, 5.41) is 0.445. The van der Waals surface area contributed by atoms with Crippen molar-refractivity contribution in [1.29, 1.82) is 0 Å². The summed E-state index contributed by atoms with van der Waals surface area (Å²) in [6.45, 7) is 22.7. The molecule has 2 saturated heterocycles. The number of nitrogens with zero attached hydrogens (tertiary/aromatic N) is 2. The predicted molar refractivity (Wildman–Crippen MR) is 164 cm³/mol. The van der Waals surface area contributed by atoms with Crippen LogP contribution >= 0.6 is 0 Å². The Morgan fingerprint density at radius 2 is 1.64 bits per heavy atom. The number of ether oxygens (including phenoxy) is 2. The average molecular weight is 646 g/mol. The van der Waals surface area contributed by atoms with Crippen LogP contribution in [0, 0.1) is 6.92 Å². The summed E-state index contributed by atoms with van der Waals surface area (Å²) in [5.74, 6) is 0. The monoisotopic (exact) mass is 645 g/mol. The Kier molecular flexibility index (Phi) is 8.32. The lowest BCUT2D eigenvalue weighted by Crippen LogP contribution is -2.59. The molecule has 0 radical (unpaired) electrons. The number of aromatic nitrogens is 2. The van der Waals surface area contributed by atoms with Crippen molar-refractivity contribution in [2.75, 3.05) is 13.2 Å². The van der Waals surface area contributed by atoms with Crippen LogP contribution in [-0.2, 0) is 39.2 Å². The highest BCUT2D eigenvalue weighted by atomic mass is 32.2. The minimum absolute atomic E-state index is 0.0439. The first-order valence-electron chi connectivity index (χ1n) is 14.3. The Morgan fingerprint density at radius 1 is 1.07 bits per heavy atom. The molecule has 1 spiro atoms. The molecule has 42 heavy (non-hydrogen) atoms. The van der Waals surface area contributed by atoms with Gasteiger partial charge in [-0.05, 0) is 43.2 Å². The van der Waals surface area contributed by atoms with Crippen LogP contribution < -0.4 is 17.0 Å². The van der Waals surface area contributed by atoms with E-state index in [0.29, 0.717) is 12.2 Å². The third kappa shape index (κ3) is 5.90. The quantitative estimate of drug-likeness (QED) is 0.254. The Hall–Kier alpha value is -1.60. The van der Waals surface area contributed by atoms with Crippen molar-refractivity contribution in [3.05, 3.63) is 43.7 Å². The summed E-state index contributed by atoms with van der Waals surface area (Å²) in [5.41, 5.74) is 3.90. The molecule has 0 aromatic carbocycles. The molecule has 2 fully saturated rings. The van der Waals surface area contributed by atoms with Gasteiger partial charge >= 0.3 is 5.69 Å². The summed E-state index contributed by atoms with van der Waals surface area (Å²) in [6, 6.07) is 0. The van der Waals surface area contributed by atoms with Crippen molar-refractivity contribution < 1.29 is 30.9 Å². The van der Waals surface area contributed by atoms with Gasteiger partial charge in [-0.3, -0.25) is 13.9 Å². The SMILES string of the molecule is Cc1cn([C@@H]2O[C@H](CO[Si](C)(C)C(C)(C)C)[C@@]3(OS(=O)(=O)C=C3N)[C@H]2O[Si](C)(C)C(C)(C)C)c(=O)n(CC2CO2)c1=O. The predicted octanol–water partition coefficient (Wildman–Crippen LogP) is 2.93. The molecule has 3 aliphatic heterocycles. The second-order valence-electron chi connectivity index (χ2n) is 14.7. The maximum atomic E-state index is 13.9. The summed E-state index contributed by atoms with van der Waals surface area (Å²) >= 11 is 0. The van der Waals surface area contributed by atoms with E-state index >= 15 is 0 Å². The largest absolute Gasteiger partial charge is 0.414 e. The van der Waals surface area contributed by atoms with Gasteiger partial charge in [0.05, 0.1) is 37.0 Å². The molecule has 0 saturated carbocycles. The van der Waals surface area contributed by atoms with E-state index in [9.17, 15) is 18.0 Å². The minimum atomic E-state index is -4.21. The normalized spacial score (nSPS) is 29.7. The Labute approximate surface area is 250 Å². The number of hydrogen-bond acceptors (Lipinski definition) is 10. The first-order chi connectivity index (χ1) is 18.9. The highest BCUT2D eigenvalue weighted by molar-refractivity contribution is 7.90. The summed E-state index contributed by atoms with van der Waals surface area (Å²) in [4.78, 5) is 26.9. The second kappa shape index (κ2) is 10.5. The highest BCUT2D eigenvalue weighted by Crippen LogP contribution is 2.52. The van der Waals surface area contributed by atoms with Crippen molar-refractivity contribution in [2.45, 2.75) is 121 Å². The molecule has 2 N–H and O–H groups in total. The van der Waals surface area contributed by atoms with Gasteiger partial charge in [0, 0.05) is 11.8 Å². The van der Waals surface area contributed by atoms with Crippen LogP contribution in [0.1, 0.15) is 53.3 Å². The maximum absolute atomic E-state index is 13.9. The molecule has 5 atom stereocenters. The first kappa shape index (κ1) is 33.3. The van der Waals surface area contributed by atoms with E-state index in [-0.39, 0.29) is 35.0 Å². The standard InChI is InChI=1S/C27H47N3O9SSi2/c1-17-12-30(24(32)29(22(17)31)13-18-14-35-18)23-21(38-42(10,11)26(5,6)7)27(19(28)16-40(33,34)39-27)20(37-23)15-36-41(8,9)25(2,3)4/h12,16,18,20-21,23H,13-15,28H2,1-11H3/t18?,20-,21+,23-,27-/m1/s1. The Bertz CT molecular complexity index is 1480. The lowest BCUT2D eigenvalue weighted by molar-refractivity contribution is -0.0567. The molecule has 4 rings (SSSR count). The lowest BCUT2D eigenvalue weighted by atomic mass is 9.89. The summed E-state index contributed by atoms with van der Waals surface area (Å²) in [6.07, 6.45) is -2.17. The fourth-order valence-electron chi connectivity index (χ4n) is 4.69. The molecule has 0 bridgehead atoms. The molecule has 4 heterocycles. The molecule has 12 nitrogen and oxygen atoms in total.